The van der Waals surface area contributed by atoms with Crippen LogP contribution in [0.4, 0.5) is 0 Å². The van der Waals surface area contributed by atoms with E-state index in [4.69, 9.17) is 5.10 Å². The molecule has 6 nitrogen and oxygen atoms in total. The maximum Gasteiger partial charge on any atom is 0.238 e. The lowest BCUT2D eigenvalue weighted by molar-refractivity contribution is -0.122. The average Bonchev–Trinajstić information content (AvgIpc) is 3.31. The molecule has 2 aromatic heterocycles. The first-order chi connectivity index (χ1) is 13.3. The van der Waals surface area contributed by atoms with E-state index in [9.17, 15) is 4.79 Å². The van der Waals surface area contributed by atoms with E-state index >= 15 is 0 Å². The topological polar surface area (TPSA) is 63.1 Å². The highest BCUT2D eigenvalue weighted by molar-refractivity contribution is 5.85. The second kappa shape index (κ2) is 6.63. The fourth-order valence-corrected chi connectivity index (χ4v) is 4.15. The highest BCUT2D eigenvalue weighted by Crippen LogP contribution is 2.36. The fourth-order valence-electron chi connectivity index (χ4n) is 4.15. The summed E-state index contributed by atoms with van der Waals surface area (Å²) in [6.07, 6.45) is 8.63. The van der Waals surface area contributed by atoms with E-state index in [2.05, 4.69) is 15.2 Å². The Morgan fingerprint density at radius 3 is 2.67 bits per heavy atom. The first-order valence-corrected chi connectivity index (χ1v) is 9.43. The number of benzene rings is 1. The van der Waals surface area contributed by atoms with Gasteiger partial charge in [-0.3, -0.25) is 14.7 Å². The summed E-state index contributed by atoms with van der Waals surface area (Å²) in [6.45, 7) is 0.931. The van der Waals surface area contributed by atoms with Gasteiger partial charge < -0.3 is 5.32 Å². The number of piperidine rings is 1. The van der Waals surface area contributed by atoms with Crippen LogP contribution in [-0.2, 0) is 4.79 Å². The second-order valence-corrected chi connectivity index (χ2v) is 7.11. The van der Waals surface area contributed by atoms with Crippen LogP contribution in [0.5, 0.6) is 0 Å². The molecule has 3 aromatic rings. The Hall–Kier alpha value is -2.99. The van der Waals surface area contributed by atoms with Crippen LogP contribution in [0.2, 0.25) is 0 Å². The molecule has 2 atom stereocenters. The van der Waals surface area contributed by atoms with Gasteiger partial charge in [-0.1, -0.05) is 24.6 Å². The standard InChI is InChI=1S/C21H21N5O/c27-21-18-8-4-5-13-25(18)20(23-21)17-14-26(16-6-2-1-3-7-16)24-19(17)15-9-11-22-12-10-15/h1-3,6-7,9-12,14,18,20H,4-5,8,13H2,(H,23,27). The van der Waals surface area contributed by atoms with E-state index in [1.165, 1.54) is 0 Å². The van der Waals surface area contributed by atoms with Gasteiger partial charge in [0.1, 0.15) is 6.17 Å². The lowest BCUT2D eigenvalue weighted by Crippen LogP contribution is -2.38. The van der Waals surface area contributed by atoms with E-state index in [0.29, 0.717) is 0 Å². The molecule has 0 aliphatic carbocycles. The number of carbonyl (C=O) groups is 1. The van der Waals surface area contributed by atoms with Gasteiger partial charge in [0.2, 0.25) is 5.91 Å². The van der Waals surface area contributed by atoms with E-state index in [-0.39, 0.29) is 18.1 Å². The number of para-hydroxylation sites is 1. The van der Waals surface area contributed by atoms with Crippen molar-refractivity contribution < 1.29 is 4.79 Å². The van der Waals surface area contributed by atoms with Gasteiger partial charge in [0, 0.05) is 36.3 Å². The summed E-state index contributed by atoms with van der Waals surface area (Å²) < 4.78 is 1.90. The van der Waals surface area contributed by atoms with Gasteiger partial charge in [-0.15, -0.1) is 0 Å². The van der Waals surface area contributed by atoms with Crippen LogP contribution in [0.3, 0.4) is 0 Å². The van der Waals surface area contributed by atoms with Crippen LogP contribution in [-0.4, -0.2) is 38.2 Å². The maximum atomic E-state index is 12.5. The third-order valence-electron chi connectivity index (χ3n) is 5.47. The number of carbonyl (C=O) groups excluding carboxylic acids is 1. The Labute approximate surface area is 157 Å². The molecule has 2 unspecified atom stereocenters. The van der Waals surface area contributed by atoms with Crippen LogP contribution in [0.1, 0.15) is 31.0 Å². The van der Waals surface area contributed by atoms with Crippen molar-refractivity contribution in [2.75, 3.05) is 6.54 Å². The third kappa shape index (κ3) is 2.82. The fraction of sp³-hybridized carbons (Fsp3) is 0.286. The van der Waals surface area contributed by atoms with Gasteiger partial charge in [-0.25, -0.2) is 4.68 Å². The van der Waals surface area contributed by atoms with Crippen LogP contribution in [0, 0.1) is 0 Å². The normalized spacial score (nSPS) is 22.4. The van der Waals surface area contributed by atoms with Gasteiger partial charge in [0.15, 0.2) is 0 Å². The van der Waals surface area contributed by atoms with Crippen LogP contribution >= 0.6 is 0 Å². The Balaban J connectivity index is 1.62. The number of nitrogens with zero attached hydrogens (tertiary/aromatic N) is 4. The number of aromatic nitrogens is 3. The van der Waals surface area contributed by atoms with Crippen molar-refractivity contribution in [2.45, 2.75) is 31.5 Å². The first kappa shape index (κ1) is 16.2. The number of rotatable bonds is 3. The van der Waals surface area contributed by atoms with Crippen molar-refractivity contribution in [3.63, 3.8) is 0 Å². The molecule has 1 aromatic carbocycles. The largest absolute Gasteiger partial charge is 0.335 e. The summed E-state index contributed by atoms with van der Waals surface area (Å²) in [4.78, 5) is 18.9. The summed E-state index contributed by atoms with van der Waals surface area (Å²) in [5.74, 6) is 0.132. The molecule has 2 saturated heterocycles. The van der Waals surface area contributed by atoms with Crippen molar-refractivity contribution in [3.05, 3.63) is 66.6 Å². The maximum absolute atomic E-state index is 12.5. The molecule has 0 spiro atoms. The number of hydrogen-bond acceptors (Lipinski definition) is 4. The zero-order valence-electron chi connectivity index (χ0n) is 15.0. The SMILES string of the molecule is O=C1NC(c2cn(-c3ccccc3)nc2-c2ccncc2)N2CCCCC12. The van der Waals surface area contributed by atoms with Crippen molar-refractivity contribution in [2.24, 2.45) is 0 Å². The molecule has 2 aliphatic heterocycles. The molecule has 2 aliphatic rings. The van der Waals surface area contributed by atoms with Gasteiger partial charge in [0.05, 0.1) is 17.4 Å². The van der Waals surface area contributed by atoms with E-state index in [1.807, 2.05) is 53.3 Å². The minimum absolute atomic E-state index is 0.0193. The van der Waals surface area contributed by atoms with Gasteiger partial charge in [-0.05, 0) is 37.1 Å². The molecule has 0 radical (unpaired) electrons. The number of nitrogens with one attached hydrogen (secondary N) is 1. The van der Waals surface area contributed by atoms with Gasteiger partial charge >= 0.3 is 0 Å². The summed E-state index contributed by atoms with van der Waals surface area (Å²) in [6, 6.07) is 14.0. The van der Waals surface area contributed by atoms with Crippen molar-refractivity contribution in [3.8, 4) is 16.9 Å². The molecule has 1 N–H and O–H groups in total. The third-order valence-corrected chi connectivity index (χ3v) is 5.47. The monoisotopic (exact) mass is 359 g/mol. The minimum Gasteiger partial charge on any atom is -0.335 e. The second-order valence-electron chi connectivity index (χ2n) is 7.11. The summed E-state index contributed by atoms with van der Waals surface area (Å²) in [7, 11) is 0. The molecule has 6 heteroatoms. The molecule has 4 heterocycles. The molecular formula is C21H21N5O. The van der Waals surface area contributed by atoms with Gasteiger partial charge in [-0.2, -0.15) is 5.10 Å². The highest BCUT2D eigenvalue weighted by atomic mass is 16.2. The zero-order chi connectivity index (χ0) is 18.2. The Morgan fingerprint density at radius 1 is 1.04 bits per heavy atom. The molecular weight excluding hydrogens is 338 g/mol. The van der Waals surface area contributed by atoms with Gasteiger partial charge in [0.25, 0.3) is 0 Å². The summed E-state index contributed by atoms with van der Waals surface area (Å²) in [5, 5.41) is 8.07. The number of amides is 1. The average molecular weight is 359 g/mol. The first-order valence-electron chi connectivity index (χ1n) is 9.43. The molecule has 1 amide bonds. The lowest BCUT2D eigenvalue weighted by Gasteiger charge is -2.31. The molecule has 0 bridgehead atoms. The predicted molar refractivity (Wildman–Crippen MR) is 102 cm³/mol. The summed E-state index contributed by atoms with van der Waals surface area (Å²) in [5.41, 5.74) is 3.92. The molecule has 5 rings (SSSR count). The van der Waals surface area contributed by atoms with Crippen molar-refractivity contribution in [1.82, 2.24) is 25.0 Å². The molecule has 27 heavy (non-hydrogen) atoms. The smallest absolute Gasteiger partial charge is 0.238 e. The molecule has 0 saturated carbocycles. The van der Waals surface area contributed by atoms with E-state index < -0.39 is 0 Å². The van der Waals surface area contributed by atoms with Crippen LogP contribution in [0.15, 0.2) is 61.1 Å². The number of fused-ring (bicyclic) bond motifs is 1. The Morgan fingerprint density at radius 2 is 1.85 bits per heavy atom. The lowest BCUT2D eigenvalue weighted by atomic mass is 10.0. The highest BCUT2D eigenvalue weighted by Gasteiger charge is 2.43. The predicted octanol–water partition coefficient (Wildman–Crippen LogP) is 2.92. The molecule has 136 valence electrons. The van der Waals surface area contributed by atoms with E-state index in [0.717, 1.165) is 48.3 Å². The minimum atomic E-state index is -0.136. The van der Waals surface area contributed by atoms with Crippen LogP contribution in [0.25, 0.3) is 16.9 Å². The van der Waals surface area contributed by atoms with Crippen LogP contribution < -0.4 is 5.32 Å². The number of pyridine rings is 1. The number of hydrogen-bond donors (Lipinski definition) is 1. The summed E-state index contributed by atoms with van der Waals surface area (Å²) >= 11 is 0. The molecule has 2 fully saturated rings. The quantitative estimate of drug-likeness (QED) is 0.781. The Kier molecular flexibility index (Phi) is 3.98. The zero-order valence-corrected chi connectivity index (χ0v) is 15.0. The van der Waals surface area contributed by atoms with Crippen molar-refractivity contribution >= 4 is 5.91 Å². The van der Waals surface area contributed by atoms with Crippen molar-refractivity contribution in [1.29, 1.82) is 0 Å². The Bertz CT molecular complexity index is 953. The van der Waals surface area contributed by atoms with E-state index in [1.54, 1.807) is 12.4 Å².